The first kappa shape index (κ1) is 49.5. The molecule has 0 heterocycles. The Hall–Kier alpha value is -5.48. The molecular weight excluding hydrogens is 736 g/mol. The Morgan fingerprint density at radius 2 is 1.18 bits per heavy atom. The first-order valence-corrected chi connectivity index (χ1v) is 18.7. The van der Waals surface area contributed by atoms with Gasteiger partial charge in [0.05, 0.1) is 26.4 Å². The fourth-order valence-corrected chi connectivity index (χ4v) is 5.28. The van der Waals surface area contributed by atoms with Crippen LogP contribution in [-0.4, -0.2) is 104 Å². The SMILES string of the molecule is C=CCOC[C@H](NC(=O)OC(C)(C)C)C(=O)N[C@H](C)C(=O)NC(C(=O)N[C@H](CC(C)C)C(=O)N[C@@H](COCC=C)C(=O)NC)c1cc(CC=C)c(O)c(CC=C)c1. The monoisotopic (exact) mass is 798 g/mol. The van der Waals surface area contributed by atoms with Gasteiger partial charge in [-0.2, -0.15) is 0 Å². The highest BCUT2D eigenvalue weighted by atomic mass is 16.6. The normalized spacial score (nSPS) is 13.7. The number of likely N-dealkylation sites (N-methyl/N-ethyl adjacent to an activating group) is 1. The molecule has 316 valence electrons. The van der Waals surface area contributed by atoms with Gasteiger partial charge in [0.25, 0.3) is 0 Å². The number of alkyl carbamates (subject to hydrolysis) is 1. The van der Waals surface area contributed by atoms with E-state index in [1.165, 1.54) is 38.3 Å². The number of ether oxygens (including phenoxy) is 3. The molecule has 16 heteroatoms. The maximum Gasteiger partial charge on any atom is 0.408 e. The smallest absolute Gasteiger partial charge is 0.408 e. The van der Waals surface area contributed by atoms with Crippen molar-refractivity contribution in [3.8, 4) is 5.75 Å². The Kier molecular flexibility index (Phi) is 21.7. The molecule has 0 spiro atoms. The van der Waals surface area contributed by atoms with Crippen LogP contribution in [-0.2, 0) is 51.0 Å². The molecule has 57 heavy (non-hydrogen) atoms. The molecule has 0 bridgehead atoms. The summed E-state index contributed by atoms with van der Waals surface area (Å²) in [7, 11) is 1.41. The summed E-state index contributed by atoms with van der Waals surface area (Å²) < 4.78 is 16.1. The third-order valence-corrected chi connectivity index (χ3v) is 7.92. The van der Waals surface area contributed by atoms with Crippen molar-refractivity contribution in [3.63, 3.8) is 0 Å². The highest BCUT2D eigenvalue weighted by Gasteiger charge is 2.33. The van der Waals surface area contributed by atoms with Crippen LogP contribution < -0.4 is 31.9 Å². The van der Waals surface area contributed by atoms with Crippen LogP contribution in [0.5, 0.6) is 5.75 Å². The number of allylic oxidation sites excluding steroid dienone is 2. The average Bonchev–Trinajstić information content (AvgIpc) is 3.13. The summed E-state index contributed by atoms with van der Waals surface area (Å²) in [5.74, 6) is -3.73. The van der Waals surface area contributed by atoms with Gasteiger partial charge in [-0.1, -0.05) is 38.2 Å². The van der Waals surface area contributed by atoms with Crippen LogP contribution in [0.2, 0.25) is 0 Å². The molecule has 0 aliphatic rings. The van der Waals surface area contributed by atoms with Crippen molar-refractivity contribution in [3.05, 3.63) is 79.4 Å². The Bertz CT molecular complexity index is 1560. The molecule has 0 saturated carbocycles. The van der Waals surface area contributed by atoms with Gasteiger partial charge in [-0.25, -0.2) is 4.79 Å². The van der Waals surface area contributed by atoms with Crippen molar-refractivity contribution in [2.75, 3.05) is 33.5 Å². The van der Waals surface area contributed by atoms with Crippen LogP contribution in [0.25, 0.3) is 0 Å². The van der Waals surface area contributed by atoms with Gasteiger partial charge in [-0.15, -0.1) is 26.3 Å². The number of benzene rings is 1. The van der Waals surface area contributed by atoms with E-state index in [9.17, 15) is 33.9 Å². The molecule has 0 saturated heterocycles. The van der Waals surface area contributed by atoms with Crippen LogP contribution in [0.3, 0.4) is 0 Å². The standard InChI is InChI=1S/C41H62N6O10/c1-12-16-27-21-29(22-28(17-13-2)34(27)48)33(39(53)44-30(20-25(5)6)37(51)45-31(36(50)42-11)23-55-18-14-3)47-35(49)26(7)43-38(52)32(24-56-19-15-4)46-40(54)57-41(8,9)10/h12-15,21-22,25-26,30-33,48H,1-4,16-20,23-24H2,5-11H3,(H,42,50)(H,43,52)(H,44,53)(H,45,51)(H,46,54)(H,47,49)/t26-,30-,31+,32+,33?/m1/s1. The highest BCUT2D eigenvalue weighted by Crippen LogP contribution is 2.29. The lowest BCUT2D eigenvalue weighted by molar-refractivity contribution is -0.135. The first-order chi connectivity index (χ1) is 26.8. The zero-order valence-electron chi connectivity index (χ0n) is 34.3. The van der Waals surface area contributed by atoms with Crippen LogP contribution in [0.4, 0.5) is 4.79 Å². The number of phenolic OH excluding ortho intramolecular Hbond substituents is 1. The Balaban J connectivity index is 3.60. The summed E-state index contributed by atoms with van der Waals surface area (Å²) in [6.07, 6.45) is 5.77. The van der Waals surface area contributed by atoms with Crippen molar-refractivity contribution in [1.29, 1.82) is 0 Å². The summed E-state index contributed by atoms with van der Waals surface area (Å²) in [6, 6.07) is -3.21. The number of phenols is 1. The van der Waals surface area contributed by atoms with Gasteiger partial charge in [0, 0.05) is 7.05 Å². The van der Waals surface area contributed by atoms with Crippen molar-refractivity contribution in [1.82, 2.24) is 31.9 Å². The predicted octanol–water partition coefficient (Wildman–Crippen LogP) is 2.57. The quantitative estimate of drug-likeness (QED) is 0.0566. The summed E-state index contributed by atoms with van der Waals surface area (Å²) in [6.45, 7) is 24.5. The van der Waals surface area contributed by atoms with Gasteiger partial charge in [0.1, 0.15) is 41.6 Å². The van der Waals surface area contributed by atoms with Gasteiger partial charge >= 0.3 is 6.09 Å². The van der Waals surface area contributed by atoms with Gasteiger partial charge in [0.15, 0.2) is 0 Å². The molecule has 1 rings (SSSR count). The summed E-state index contributed by atoms with van der Waals surface area (Å²) in [4.78, 5) is 80.4. The van der Waals surface area contributed by atoms with Crippen molar-refractivity contribution >= 4 is 35.6 Å². The van der Waals surface area contributed by atoms with Crippen molar-refractivity contribution in [2.24, 2.45) is 5.92 Å². The number of amides is 6. The molecule has 1 aromatic carbocycles. The van der Waals surface area contributed by atoms with E-state index in [-0.39, 0.29) is 62.9 Å². The van der Waals surface area contributed by atoms with Crippen LogP contribution >= 0.6 is 0 Å². The number of hydrogen-bond donors (Lipinski definition) is 7. The second-order valence-electron chi connectivity index (χ2n) is 14.6. The fraction of sp³-hybridized carbons (Fsp3) is 0.512. The molecule has 6 amide bonds. The molecule has 0 aliphatic carbocycles. The Morgan fingerprint density at radius 1 is 0.684 bits per heavy atom. The molecule has 0 aliphatic heterocycles. The Morgan fingerprint density at radius 3 is 1.63 bits per heavy atom. The number of carbonyl (C=O) groups is 6. The van der Waals surface area contributed by atoms with E-state index in [2.05, 4.69) is 58.2 Å². The van der Waals surface area contributed by atoms with Crippen molar-refractivity contribution < 1.29 is 48.1 Å². The topological polar surface area (TPSA) is 223 Å². The van der Waals surface area contributed by atoms with Crippen LogP contribution in [0.1, 0.15) is 70.7 Å². The van der Waals surface area contributed by atoms with E-state index in [1.807, 2.05) is 13.8 Å². The van der Waals surface area contributed by atoms with Gasteiger partial charge in [0.2, 0.25) is 29.5 Å². The van der Waals surface area contributed by atoms with Crippen molar-refractivity contribution in [2.45, 2.75) is 96.6 Å². The number of carbonyl (C=O) groups excluding carboxylic acids is 6. The van der Waals surface area contributed by atoms with E-state index < -0.39 is 71.4 Å². The lowest BCUT2D eigenvalue weighted by Crippen LogP contribution is -2.57. The lowest BCUT2D eigenvalue weighted by Gasteiger charge is -2.28. The lowest BCUT2D eigenvalue weighted by atomic mass is 9.94. The minimum atomic E-state index is -1.47. The molecular formula is C41H62N6O10. The number of hydrogen-bond acceptors (Lipinski definition) is 10. The maximum absolute atomic E-state index is 14.3. The molecule has 1 aromatic rings. The zero-order valence-corrected chi connectivity index (χ0v) is 34.3. The second-order valence-corrected chi connectivity index (χ2v) is 14.6. The van der Waals surface area contributed by atoms with Crippen LogP contribution in [0, 0.1) is 5.92 Å². The van der Waals surface area contributed by atoms with Gasteiger partial charge in [-0.3, -0.25) is 24.0 Å². The molecule has 1 unspecified atom stereocenters. The fourth-order valence-electron chi connectivity index (χ4n) is 5.28. The summed E-state index contributed by atoms with van der Waals surface area (Å²) >= 11 is 0. The van der Waals surface area contributed by atoms with E-state index in [0.29, 0.717) is 11.1 Å². The second kappa shape index (κ2) is 24.9. The zero-order chi connectivity index (χ0) is 43.3. The third-order valence-electron chi connectivity index (χ3n) is 7.92. The van der Waals surface area contributed by atoms with Gasteiger partial charge in [-0.05, 0) is 81.7 Å². The average molecular weight is 799 g/mol. The molecule has 16 nitrogen and oxygen atoms in total. The maximum atomic E-state index is 14.3. The summed E-state index contributed by atoms with van der Waals surface area (Å²) in [5.41, 5.74) is 0.209. The number of rotatable bonds is 25. The number of nitrogens with one attached hydrogen (secondary N) is 6. The van der Waals surface area contributed by atoms with Gasteiger partial charge < -0.3 is 51.2 Å². The van der Waals surface area contributed by atoms with E-state index in [1.54, 1.807) is 32.9 Å². The van der Waals surface area contributed by atoms with E-state index in [0.717, 1.165) is 0 Å². The minimum Gasteiger partial charge on any atom is -0.507 e. The molecule has 7 N–H and O–H groups in total. The summed E-state index contributed by atoms with van der Waals surface area (Å²) in [5, 5.41) is 26.5. The number of aromatic hydroxyl groups is 1. The Labute approximate surface area is 336 Å². The minimum absolute atomic E-state index is 0.0390. The van der Waals surface area contributed by atoms with E-state index in [4.69, 9.17) is 14.2 Å². The van der Waals surface area contributed by atoms with E-state index >= 15 is 0 Å². The third kappa shape index (κ3) is 17.9. The molecule has 5 atom stereocenters. The highest BCUT2D eigenvalue weighted by molar-refractivity contribution is 5.96. The largest absolute Gasteiger partial charge is 0.507 e. The predicted molar refractivity (Wildman–Crippen MR) is 217 cm³/mol. The molecule has 0 fully saturated rings. The molecule has 0 aromatic heterocycles. The molecule has 0 radical (unpaired) electrons. The van der Waals surface area contributed by atoms with Crippen LogP contribution in [0.15, 0.2) is 62.8 Å². The first-order valence-electron chi connectivity index (χ1n) is 18.7.